The van der Waals surface area contributed by atoms with E-state index >= 15 is 0 Å². The molecule has 132 valence electrons. The Morgan fingerprint density at radius 1 is 1.17 bits per heavy atom. The van der Waals surface area contributed by atoms with Crippen LogP contribution < -0.4 is 4.90 Å². The molecule has 1 aromatic rings. The van der Waals surface area contributed by atoms with E-state index in [9.17, 15) is 4.79 Å². The maximum absolute atomic E-state index is 12.5. The molecule has 2 aliphatic heterocycles. The summed E-state index contributed by atoms with van der Waals surface area (Å²) in [6.45, 7) is 8.85. The molecule has 2 aliphatic rings. The van der Waals surface area contributed by atoms with E-state index in [1.165, 1.54) is 0 Å². The molecule has 0 atom stereocenters. The van der Waals surface area contributed by atoms with Gasteiger partial charge in [-0.2, -0.15) is 0 Å². The Hall–Kier alpha value is -1.40. The zero-order valence-electron chi connectivity index (χ0n) is 14.3. The number of rotatable bonds is 4. The van der Waals surface area contributed by atoms with Crippen LogP contribution in [-0.4, -0.2) is 71.5 Å². The molecule has 2 saturated heterocycles. The quantitative estimate of drug-likeness (QED) is 0.829. The van der Waals surface area contributed by atoms with Crippen LogP contribution in [0.4, 0.5) is 5.82 Å². The van der Waals surface area contributed by atoms with Gasteiger partial charge in [-0.25, -0.2) is 4.98 Å². The summed E-state index contributed by atoms with van der Waals surface area (Å²) < 4.78 is 0. The molecule has 0 aliphatic carbocycles. The van der Waals surface area contributed by atoms with Crippen LogP contribution in [0.1, 0.15) is 26.2 Å². The highest BCUT2D eigenvalue weighted by Gasteiger charge is 2.26. The van der Waals surface area contributed by atoms with Crippen LogP contribution in [0.5, 0.6) is 0 Å². The lowest BCUT2D eigenvalue weighted by Crippen LogP contribution is -2.49. The van der Waals surface area contributed by atoms with E-state index < -0.39 is 0 Å². The number of likely N-dealkylation sites (N-methyl/N-ethyl adjacent to an activating group) is 1. The molecule has 0 spiro atoms. The number of hydrogen-bond acceptors (Lipinski definition) is 5. The third-order valence-corrected chi connectivity index (χ3v) is 5.35. The molecule has 3 heterocycles. The van der Waals surface area contributed by atoms with E-state index in [-0.39, 0.29) is 0 Å². The van der Waals surface area contributed by atoms with Gasteiger partial charge in [0.05, 0.1) is 12.4 Å². The van der Waals surface area contributed by atoms with Gasteiger partial charge in [-0.1, -0.05) is 18.5 Å². The van der Waals surface area contributed by atoms with Crippen molar-refractivity contribution in [3.05, 3.63) is 17.5 Å². The molecule has 2 fully saturated rings. The van der Waals surface area contributed by atoms with E-state index in [2.05, 4.69) is 26.7 Å². The smallest absolute Gasteiger partial charge is 0.222 e. The second kappa shape index (κ2) is 8.12. The highest BCUT2D eigenvalue weighted by Crippen LogP contribution is 2.25. The number of amides is 1. The fourth-order valence-corrected chi connectivity index (χ4v) is 3.68. The highest BCUT2D eigenvalue weighted by atomic mass is 35.5. The van der Waals surface area contributed by atoms with Crippen molar-refractivity contribution < 1.29 is 4.79 Å². The predicted octanol–water partition coefficient (Wildman–Crippen LogP) is 1.90. The zero-order valence-corrected chi connectivity index (χ0v) is 15.1. The van der Waals surface area contributed by atoms with Gasteiger partial charge < -0.3 is 14.7 Å². The van der Waals surface area contributed by atoms with Gasteiger partial charge in [0.1, 0.15) is 11.0 Å². The number of anilines is 1. The van der Waals surface area contributed by atoms with Crippen LogP contribution in [0.3, 0.4) is 0 Å². The Balaban J connectivity index is 1.44. The number of piperazine rings is 1. The summed E-state index contributed by atoms with van der Waals surface area (Å²) in [5, 5.41) is 0.427. The molecular weight excluding hydrogens is 326 g/mol. The van der Waals surface area contributed by atoms with Crippen LogP contribution in [0.25, 0.3) is 0 Å². The second-order valence-electron chi connectivity index (χ2n) is 6.65. The van der Waals surface area contributed by atoms with Gasteiger partial charge in [0.15, 0.2) is 0 Å². The van der Waals surface area contributed by atoms with Gasteiger partial charge in [-0.15, -0.1) is 0 Å². The fourth-order valence-electron chi connectivity index (χ4n) is 3.54. The lowest BCUT2D eigenvalue weighted by Gasteiger charge is -2.36. The number of piperidine rings is 1. The van der Waals surface area contributed by atoms with Gasteiger partial charge in [0.25, 0.3) is 0 Å². The van der Waals surface area contributed by atoms with Gasteiger partial charge in [-0.05, 0) is 25.3 Å². The molecular formula is C17H26ClN5O. The Morgan fingerprint density at radius 2 is 1.88 bits per heavy atom. The summed E-state index contributed by atoms with van der Waals surface area (Å²) in [6.07, 6.45) is 6.03. The average molecular weight is 352 g/mol. The SMILES string of the molecule is CCN1CCN(C(=O)CC2CCN(c3cncc(Cl)n3)CC2)CC1. The standard InChI is InChI=1S/C17H26ClN5O/c1-2-21-7-9-23(10-8-21)17(24)11-14-3-5-22(6-4-14)16-13-19-12-15(18)20-16/h12-14H,2-11H2,1H3. The number of hydrogen-bond donors (Lipinski definition) is 0. The van der Waals surface area contributed by atoms with Crippen molar-refractivity contribution >= 4 is 23.3 Å². The van der Waals surface area contributed by atoms with Crippen molar-refractivity contribution in [2.75, 3.05) is 50.7 Å². The van der Waals surface area contributed by atoms with Gasteiger partial charge in [0.2, 0.25) is 5.91 Å². The average Bonchev–Trinajstić information content (AvgIpc) is 2.62. The van der Waals surface area contributed by atoms with E-state index in [4.69, 9.17) is 11.6 Å². The van der Waals surface area contributed by atoms with Crippen molar-refractivity contribution in [1.29, 1.82) is 0 Å². The van der Waals surface area contributed by atoms with E-state index in [1.807, 2.05) is 4.90 Å². The lowest BCUT2D eigenvalue weighted by atomic mass is 9.93. The van der Waals surface area contributed by atoms with Gasteiger partial charge in [0, 0.05) is 45.7 Å². The molecule has 0 radical (unpaired) electrons. The second-order valence-corrected chi connectivity index (χ2v) is 7.04. The van der Waals surface area contributed by atoms with Crippen LogP contribution in [-0.2, 0) is 4.79 Å². The number of halogens is 1. The Morgan fingerprint density at radius 3 is 2.50 bits per heavy atom. The molecule has 0 aromatic carbocycles. The Kier molecular flexibility index (Phi) is 5.89. The fraction of sp³-hybridized carbons (Fsp3) is 0.706. The van der Waals surface area contributed by atoms with Crippen LogP contribution in [0.2, 0.25) is 5.15 Å². The third-order valence-electron chi connectivity index (χ3n) is 5.17. The molecule has 24 heavy (non-hydrogen) atoms. The summed E-state index contributed by atoms with van der Waals surface area (Å²) in [7, 11) is 0. The number of carbonyl (C=O) groups is 1. The minimum atomic E-state index is 0.326. The van der Waals surface area contributed by atoms with E-state index in [0.717, 1.165) is 64.5 Å². The number of carbonyl (C=O) groups excluding carboxylic acids is 1. The summed E-state index contributed by atoms with van der Waals surface area (Å²) >= 11 is 5.91. The minimum absolute atomic E-state index is 0.326. The summed E-state index contributed by atoms with van der Waals surface area (Å²) in [6, 6.07) is 0. The number of aromatic nitrogens is 2. The number of nitrogens with zero attached hydrogens (tertiary/aromatic N) is 5. The third kappa shape index (κ3) is 4.36. The molecule has 0 N–H and O–H groups in total. The van der Waals surface area contributed by atoms with E-state index in [0.29, 0.717) is 23.4 Å². The first-order valence-corrected chi connectivity index (χ1v) is 9.26. The first kappa shape index (κ1) is 17.4. The molecule has 3 rings (SSSR count). The highest BCUT2D eigenvalue weighted by molar-refractivity contribution is 6.29. The largest absolute Gasteiger partial charge is 0.355 e. The van der Waals surface area contributed by atoms with Crippen molar-refractivity contribution in [3.8, 4) is 0 Å². The van der Waals surface area contributed by atoms with Crippen molar-refractivity contribution in [2.45, 2.75) is 26.2 Å². The van der Waals surface area contributed by atoms with Crippen molar-refractivity contribution in [2.24, 2.45) is 5.92 Å². The topological polar surface area (TPSA) is 52.6 Å². The molecule has 0 bridgehead atoms. The molecule has 0 unspecified atom stereocenters. The molecule has 6 nitrogen and oxygen atoms in total. The summed E-state index contributed by atoms with van der Waals surface area (Å²) in [5.74, 6) is 1.64. The molecule has 1 aromatic heterocycles. The van der Waals surface area contributed by atoms with Crippen molar-refractivity contribution in [3.63, 3.8) is 0 Å². The summed E-state index contributed by atoms with van der Waals surface area (Å²) in [4.78, 5) is 27.6. The normalized spacial score (nSPS) is 20.4. The Labute approximate surface area is 148 Å². The maximum atomic E-state index is 12.5. The van der Waals surface area contributed by atoms with Crippen LogP contribution in [0.15, 0.2) is 12.4 Å². The van der Waals surface area contributed by atoms with Crippen LogP contribution in [0, 0.1) is 5.92 Å². The first-order valence-electron chi connectivity index (χ1n) is 8.88. The predicted molar refractivity (Wildman–Crippen MR) is 95.3 cm³/mol. The van der Waals surface area contributed by atoms with E-state index in [1.54, 1.807) is 12.4 Å². The summed E-state index contributed by atoms with van der Waals surface area (Å²) in [5.41, 5.74) is 0. The van der Waals surface area contributed by atoms with Gasteiger partial charge >= 0.3 is 0 Å². The van der Waals surface area contributed by atoms with Crippen LogP contribution >= 0.6 is 11.6 Å². The zero-order chi connectivity index (χ0) is 16.9. The lowest BCUT2D eigenvalue weighted by molar-refractivity contribution is -0.134. The molecule has 0 saturated carbocycles. The monoisotopic (exact) mass is 351 g/mol. The minimum Gasteiger partial charge on any atom is -0.355 e. The molecule has 7 heteroatoms. The van der Waals surface area contributed by atoms with Gasteiger partial charge in [-0.3, -0.25) is 9.78 Å². The maximum Gasteiger partial charge on any atom is 0.222 e. The Bertz CT molecular complexity index is 554. The van der Waals surface area contributed by atoms with Crippen molar-refractivity contribution in [1.82, 2.24) is 19.8 Å². The molecule has 1 amide bonds. The first-order chi connectivity index (χ1) is 11.7.